The number of carbonyl (C=O) groups is 1. The molecule has 0 unspecified atom stereocenters. The molecule has 0 aliphatic carbocycles. The zero-order valence-electron chi connectivity index (χ0n) is 9.65. The van der Waals surface area contributed by atoms with Gasteiger partial charge >= 0.3 is 29.2 Å². The molecular formula is C7H5F9O4S. The number of sulfone groups is 1. The lowest BCUT2D eigenvalue weighted by Crippen LogP contribution is -2.63. The molecule has 21 heavy (non-hydrogen) atoms. The Labute approximate surface area is 110 Å². The van der Waals surface area contributed by atoms with Crippen LogP contribution in [0.2, 0.25) is 0 Å². The molecule has 0 saturated heterocycles. The number of carbonyl (C=O) groups excluding carboxylic acids is 1. The fraction of sp³-hybridized carbons (Fsp3) is 0.857. The average molecular weight is 356 g/mol. The molecule has 126 valence electrons. The minimum absolute atomic E-state index is 0.443. The summed E-state index contributed by atoms with van der Waals surface area (Å²) >= 11 is 0. The molecule has 0 spiro atoms. The van der Waals surface area contributed by atoms with E-state index in [-0.39, 0.29) is 0 Å². The fourth-order valence-corrected chi connectivity index (χ4v) is 1.99. The van der Waals surface area contributed by atoms with Gasteiger partial charge in [-0.25, -0.2) is 8.42 Å². The first-order valence-corrected chi connectivity index (χ1v) is 6.10. The second kappa shape index (κ2) is 5.21. The maximum Gasteiger partial charge on any atom is 0.460 e. The lowest BCUT2D eigenvalue weighted by Gasteiger charge is -2.32. The topological polar surface area (TPSA) is 60.4 Å². The number of rotatable bonds is 5. The predicted molar refractivity (Wildman–Crippen MR) is 46.7 cm³/mol. The Morgan fingerprint density at radius 1 is 0.905 bits per heavy atom. The minimum Gasteiger partial charge on any atom is -0.468 e. The van der Waals surface area contributed by atoms with Crippen LogP contribution in [-0.2, 0) is 19.4 Å². The van der Waals surface area contributed by atoms with Gasteiger partial charge in [-0.1, -0.05) is 0 Å². The Kier molecular flexibility index (Phi) is 4.91. The third kappa shape index (κ3) is 3.03. The highest BCUT2D eigenvalue weighted by Crippen LogP contribution is 2.54. The Balaban J connectivity index is 5.96. The van der Waals surface area contributed by atoms with Gasteiger partial charge in [-0.15, -0.1) is 0 Å². The van der Waals surface area contributed by atoms with Crippen LogP contribution in [0.5, 0.6) is 0 Å². The highest BCUT2D eigenvalue weighted by atomic mass is 32.2. The molecule has 0 aromatic carbocycles. The average Bonchev–Trinajstić information content (AvgIpc) is 2.25. The molecule has 14 heteroatoms. The van der Waals surface area contributed by atoms with Crippen molar-refractivity contribution >= 4 is 15.8 Å². The molecule has 0 atom stereocenters. The molecule has 0 heterocycles. The minimum atomic E-state index is -7.35. The molecule has 0 amide bonds. The van der Waals surface area contributed by atoms with Crippen molar-refractivity contribution in [3.8, 4) is 0 Å². The van der Waals surface area contributed by atoms with Crippen molar-refractivity contribution in [2.24, 2.45) is 0 Å². The van der Waals surface area contributed by atoms with E-state index in [1.165, 1.54) is 0 Å². The highest BCUT2D eigenvalue weighted by Gasteiger charge is 2.85. The summed E-state index contributed by atoms with van der Waals surface area (Å²) in [5.41, 5.74) is 0. The first-order valence-electron chi connectivity index (χ1n) is 4.45. The molecule has 4 nitrogen and oxygen atoms in total. The number of hydrogen-bond acceptors (Lipinski definition) is 4. The molecule has 0 aliphatic heterocycles. The summed E-state index contributed by atoms with van der Waals surface area (Å²) in [5, 5.41) is -6.87. The Hall–Kier alpha value is -1.21. The van der Waals surface area contributed by atoms with Gasteiger partial charge in [-0.3, -0.25) is 4.79 Å². The van der Waals surface area contributed by atoms with E-state index in [0.717, 1.165) is 0 Å². The van der Waals surface area contributed by atoms with Crippen LogP contribution in [0.1, 0.15) is 0 Å². The maximum absolute atomic E-state index is 13.0. The number of halogens is 9. The lowest BCUT2D eigenvalue weighted by atomic mass is 10.1. The van der Waals surface area contributed by atoms with E-state index in [4.69, 9.17) is 0 Å². The van der Waals surface area contributed by atoms with Crippen LogP contribution in [0, 0.1) is 0 Å². The predicted octanol–water partition coefficient (Wildman–Crippen LogP) is 2.00. The van der Waals surface area contributed by atoms with Crippen molar-refractivity contribution < 1.29 is 57.5 Å². The van der Waals surface area contributed by atoms with Crippen molar-refractivity contribution in [3.63, 3.8) is 0 Å². The van der Waals surface area contributed by atoms with Crippen LogP contribution in [-0.4, -0.2) is 50.5 Å². The summed E-state index contributed by atoms with van der Waals surface area (Å²) in [6.07, 6.45) is -7.15. The number of hydrogen-bond donors (Lipinski definition) is 0. The van der Waals surface area contributed by atoms with Crippen LogP contribution in [0.15, 0.2) is 0 Å². The molecule has 0 saturated carbocycles. The molecule has 0 rings (SSSR count). The third-order valence-corrected chi connectivity index (χ3v) is 3.70. The summed E-state index contributed by atoms with van der Waals surface area (Å²) in [6.45, 7) is 0. The van der Waals surface area contributed by atoms with Gasteiger partial charge in [0.1, 0.15) is 0 Å². The SMILES string of the molecule is COC(=O)CS(=O)(=O)C(F)(F)C(F)(F)C(F)(F)C(F)(F)F. The van der Waals surface area contributed by atoms with Gasteiger partial charge < -0.3 is 4.74 Å². The normalized spacial score (nSPS) is 15.0. The molecule has 0 aliphatic rings. The maximum atomic E-state index is 13.0. The second-order valence-electron chi connectivity index (χ2n) is 3.50. The van der Waals surface area contributed by atoms with E-state index < -0.39 is 44.8 Å². The fourth-order valence-electron chi connectivity index (χ4n) is 0.861. The van der Waals surface area contributed by atoms with Crippen molar-refractivity contribution in [2.45, 2.75) is 23.3 Å². The molecule has 0 N–H and O–H groups in total. The molecular weight excluding hydrogens is 351 g/mol. The van der Waals surface area contributed by atoms with E-state index in [9.17, 15) is 52.7 Å². The summed E-state index contributed by atoms with van der Waals surface area (Å²) in [4.78, 5) is 10.5. The zero-order chi connectivity index (χ0) is 17.5. The molecule has 0 fully saturated rings. The molecule has 0 aromatic rings. The van der Waals surface area contributed by atoms with Crippen molar-refractivity contribution in [1.29, 1.82) is 0 Å². The van der Waals surface area contributed by atoms with Crippen LogP contribution < -0.4 is 0 Å². The van der Waals surface area contributed by atoms with Gasteiger partial charge in [0.15, 0.2) is 5.75 Å². The number of methoxy groups -OCH3 is 1. The van der Waals surface area contributed by atoms with Gasteiger partial charge in [0.25, 0.3) is 0 Å². The third-order valence-electron chi connectivity index (χ3n) is 2.04. The second-order valence-corrected chi connectivity index (χ2v) is 5.53. The van der Waals surface area contributed by atoms with Crippen LogP contribution in [0.4, 0.5) is 39.5 Å². The highest BCUT2D eigenvalue weighted by molar-refractivity contribution is 7.93. The van der Waals surface area contributed by atoms with E-state index in [2.05, 4.69) is 4.74 Å². The molecule has 0 bridgehead atoms. The van der Waals surface area contributed by atoms with Crippen molar-refractivity contribution in [1.82, 2.24) is 0 Å². The van der Waals surface area contributed by atoms with E-state index in [1.54, 1.807) is 0 Å². The number of esters is 1. The summed E-state index contributed by atoms with van der Waals surface area (Å²) in [7, 11) is -6.27. The van der Waals surface area contributed by atoms with E-state index in [1.807, 2.05) is 0 Å². The first kappa shape index (κ1) is 19.8. The van der Waals surface area contributed by atoms with Gasteiger partial charge in [0.2, 0.25) is 9.84 Å². The smallest absolute Gasteiger partial charge is 0.460 e. The largest absolute Gasteiger partial charge is 0.468 e. The Morgan fingerprint density at radius 2 is 1.29 bits per heavy atom. The van der Waals surface area contributed by atoms with E-state index >= 15 is 0 Å². The number of ether oxygens (including phenoxy) is 1. The monoisotopic (exact) mass is 356 g/mol. The summed E-state index contributed by atoms with van der Waals surface area (Å²) < 4.78 is 137. The van der Waals surface area contributed by atoms with Crippen molar-refractivity contribution in [3.05, 3.63) is 0 Å². The molecule has 0 aromatic heterocycles. The van der Waals surface area contributed by atoms with Gasteiger partial charge in [-0.05, 0) is 0 Å². The zero-order valence-corrected chi connectivity index (χ0v) is 10.5. The van der Waals surface area contributed by atoms with Gasteiger partial charge in [-0.2, -0.15) is 39.5 Å². The van der Waals surface area contributed by atoms with Crippen LogP contribution in [0.3, 0.4) is 0 Å². The summed E-state index contributed by atoms with van der Waals surface area (Å²) in [5.74, 6) is -19.3. The summed E-state index contributed by atoms with van der Waals surface area (Å²) in [6, 6.07) is 0. The molecule has 0 radical (unpaired) electrons. The standard InChI is InChI=1S/C7H5F9O4S/c1-20-3(17)2-21(18,19)7(15,16)5(10,11)4(8,9)6(12,13)14/h2H2,1H3. The lowest BCUT2D eigenvalue weighted by molar-refractivity contribution is -0.382. The Bertz CT molecular complexity index is 507. The number of alkyl halides is 9. The quantitative estimate of drug-likeness (QED) is 0.559. The van der Waals surface area contributed by atoms with Gasteiger partial charge in [0, 0.05) is 0 Å². The van der Waals surface area contributed by atoms with Crippen LogP contribution in [0.25, 0.3) is 0 Å². The van der Waals surface area contributed by atoms with E-state index in [0.29, 0.717) is 7.11 Å². The van der Waals surface area contributed by atoms with Gasteiger partial charge in [0.05, 0.1) is 7.11 Å². The first-order chi connectivity index (χ1) is 8.95. The van der Waals surface area contributed by atoms with Crippen LogP contribution >= 0.6 is 0 Å². The Morgan fingerprint density at radius 3 is 1.57 bits per heavy atom. The van der Waals surface area contributed by atoms with Crippen molar-refractivity contribution in [2.75, 3.05) is 12.9 Å².